The fourth-order valence-corrected chi connectivity index (χ4v) is 0.666. The molecule has 2 atom stereocenters. The minimum absolute atomic E-state index is 1.75. The van der Waals surface area contributed by atoms with Crippen molar-refractivity contribution in [3.8, 4) is 0 Å². The lowest BCUT2D eigenvalue weighted by atomic mass is 10.3. The molecule has 0 spiro atoms. The van der Waals surface area contributed by atoms with Crippen molar-refractivity contribution < 1.29 is 57.4 Å². The first-order valence-electron chi connectivity index (χ1n) is 3.89. The van der Waals surface area contributed by atoms with Crippen molar-refractivity contribution in [1.82, 2.24) is 0 Å². The van der Waals surface area contributed by atoms with Crippen LogP contribution in [0.25, 0.3) is 0 Å². The lowest BCUT2D eigenvalue weighted by molar-refractivity contribution is -0.442. The van der Waals surface area contributed by atoms with Crippen molar-refractivity contribution in [2.45, 2.75) is 36.9 Å². The summed E-state index contributed by atoms with van der Waals surface area (Å²) in [7, 11) is 0. The van der Waals surface area contributed by atoms with Crippen LogP contribution in [0.2, 0.25) is 0 Å². The van der Waals surface area contributed by atoms with Crippen LogP contribution in [0.15, 0.2) is 0 Å². The summed E-state index contributed by atoms with van der Waals surface area (Å²) >= 11 is 0. The van der Waals surface area contributed by atoms with E-state index in [1.807, 2.05) is 0 Å². The van der Waals surface area contributed by atoms with Crippen molar-refractivity contribution in [3.05, 3.63) is 0 Å². The highest BCUT2D eigenvalue weighted by Crippen LogP contribution is 2.43. The number of ether oxygens (including phenoxy) is 1. The predicted octanol–water partition coefficient (Wildman–Crippen LogP) is 3.99. The predicted molar refractivity (Wildman–Crippen MR) is 32.9 cm³/mol. The molecule has 19 heavy (non-hydrogen) atoms. The first-order chi connectivity index (χ1) is 8.02. The molecule has 0 saturated carbocycles. The van der Waals surface area contributed by atoms with Gasteiger partial charge in [0.1, 0.15) is 0 Å². The van der Waals surface area contributed by atoms with Crippen LogP contribution in [0.5, 0.6) is 0 Å². The van der Waals surface area contributed by atoms with E-state index in [4.69, 9.17) is 0 Å². The van der Waals surface area contributed by atoms with Crippen LogP contribution >= 0.6 is 0 Å². The number of halogens is 12. The summed E-state index contributed by atoms with van der Waals surface area (Å²) in [6.45, 7) is 0. The van der Waals surface area contributed by atoms with Gasteiger partial charge in [0.2, 0.25) is 0 Å². The monoisotopic (exact) mass is 318 g/mol. The Balaban J connectivity index is 5.11. The first kappa shape index (κ1) is 18.1. The van der Waals surface area contributed by atoms with Crippen molar-refractivity contribution in [2.24, 2.45) is 0 Å². The lowest BCUT2D eigenvalue weighted by Gasteiger charge is -2.28. The zero-order valence-electron chi connectivity index (χ0n) is 8.10. The largest absolute Gasteiger partial charge is 0.428 e. The van der Waals surface area contributed by atoms with Gasteiger partial charge in [-0.1, -0.05) is 0 Å². The Labute approximate surface area is 95.7 Å². The molecular formula is C6H2F12O. The van der Waals surface area contributed by atoms with Crippen LogP contribution in [0.3, 0.4) is 0 Å². The first-order valence-corrected chi connectivity index (χ1v) is 3.89. The second-order valence-electron chi connectivity index (χ2n) is 3.03. The van der Waals surface area contributed by atoms with Gasteiger partial charge in [-0.2, -0.15) is 43.9 Å². The standard InChI is InChI=1S/C6H2F12O/c7-1(3(9,10)11)5(15,16)19-6(17,18)2(8)4(12,13)14/h1-2H. The number of rotatable bonds is 4. The summed E-state index contributed by atoms with van der Waals surface area (Å²) in [5.41, 5.74) is 0. The van der Waals surface area contributed by atoms with Crippen molar-refractivity contribution in [3.63, 3.8) is 0 Å². The molecule has 0 aromatic carbocycles. The van der Waals surface area contributed by atoms with E-state index in [0.29, 0.717) is 0 Å². The average molecular weight is 318 g/mol. The summed E-state index contributed by atoms with van der Waals surface area (Å²) in [5.74, 6) is 0. The van der Waals surface area contributed by atoms with Gasteiger partial charge in [-0.05, 0) is 0 Å². The second kappa shape index (κ2) is 4.90. The molecule has 0 N–H and O–H groups in total. The molecule has 0 amide bonds. The van der Waals surface area contributed by atoms with E-state index in [2.05, 4.69) is 0 Å². The Bertz CT molecular complexity index is 272. The highest BCUT2D eigenvalue weighted by atomic mass is 19.4. The van der Waals surface area contributed by atoms with Crippen molar-refractivity contribution in [2.75, 3.05) is 0 Å². The van der Waals surface area contributed by atoms with Gasteiger partial charge in [0.15, 0.2) is 0 Å². The van der Waals surface area contributed by atoms with E-state index < -0.39 is 36.9 Å². The second-order valence-corrected chi connectivity index (χ2v) is 3.03. The molecule has 0 bridgehead atoms. The van der Waals surface area contributed by atoms with Gasteiger partial charge < -0.3 is 0 Å². The Hall–Kier alpha value is -0.880. The summed E-state index contributed by atoms with van der Waals surface area (Å²) in [6.07, 6.45) is -36.3. The molecule has 0 aliphatic rings. The fraction of sp³-hybridized carbons (Fsp3) is 1.00. The highest BCUT2D eigenvalue weighted by molar-refractivity contribution is 4.81. The number of hydrogen-bond donors (Lipinski definition) is 0. The van der Waals surface area contributed by atoms with Gasteiger partial charge in [-0.25, -0.2) is 8.78 Å². The lowest BCUT2D eigenvalue weighted by Crippen LogP contribution is -2.52. The summed E-state index contributed by atoms with van der Waals surface area (Å²) in [6, 6.07) is 0. The van der Waals surface area contributed by atoms with Crippen LogP contribution in [0.4, 0.5) is 52.7 Å². The zero-order chi connectivity index (χ0) is 15.9. The van der Waals surface area contributed by atoms with Crippen LogP contribution in [0.1, 0.15) is 0 Å². The number of alkyl halides is 12. The third-order valence-electron chi connectivity index (χ3n) is 1.44. The molecular weight excluding hydrogens is 316 g/mol. The maximum absolute atomic E-state index is 12.2. The SMILES string of the molecule is FC(C(F)(F)F)C(F)(F)OC(F)(F)C(F)C(F)(F)F. The molecule has 0 rings (SSSR count). The van der Waals surface area contributed by atoms with Gasteiger partial charge >= 0.3 is 24.6 Å². The molecule has 1 nitrogen and oxygen atoms in total. The Morgan fingerprint density at radius 1 is 0.526 bits per heavy atom. The molecule has 0 aromatic heterocycles. The molecule has 0 radical (unpaired) electrons. The normalized spacial score (nSPS) is 18.3. The molecule has 116 valence electrons. The van der Waals surface area contributed by atoms with Crippen molar-refractivity contribution >= 4 is 0 Å². The van der Waals surface area contributed by atoms with E-state index in [-0.39, 0.29) is 0 Å². The quantitative estimate of drug-likeness (QED) is 0.712. The van der Waals surface area contributed by atoms with Crippen LogP contribution < -0.4 is 0 Å². The van der Waals surface area contributed by atoms with Gasteiger partial charge in [-0.3, -0.25) is 4.74 Å². The molecule has 0 aromatic rings. The van der Waals surface area contributed by atoms with Gasteiger partial charge in [-0.15, -0.1) is 0 Å². The van der Waals surface area contributed by atoms with E-state index in [1.165, 1.54) is 0 Å². The van der Waals surface area contributed by atoms with Crippen molar-refractivity contribution in [1.29, 1.82) is 0 Å². The fourth-order valence-electron chi connectivity index (χ4n) is 0.666. The third-order valence-corrected chi connectivity index (χ3v) is 1.44. The Morgan fingerprint density at radius 2 is 0.737 bits per heavy atom. The maximum atomic E-state index is 12.2. The van der Waals surface area contributed by atoms with Crippen LogP contribution in [-0.2, 0) is 4.74 Å². The van der Waals surface area contributed by atoms with E-state index in [1.54, 1.807) is 4.74 Å². The highest BCUT2D eigenvalue weighted by Gasteiger charge is 2.67. The summed E-state index contributed by atoms with van der Waals surface area (Å²) in [4.78, 5) is 0. The van der Waals surface area contributed by atoms with Crippen LogP contribution in [-0.4, -0.2) is 36.9 Å². The average Bonchev–Trinajstić information content (AvgIpc) is 2.10. The van der Waals surface area contributed by atoms with Crippen LogP contribution in [0, 0.1) is 0 Å². The third kappa shape index (κ3) is 4.62. The molecule has 2 unspecified atom stereocenters. The molecule has 13 heteroatoms. The topological polar surface area (TPSA) is 9.23 Å². The number of hydrogen-bond acceptors (Lipinski definition) is 1. The maximum Gasteiger partial charge on any atom is 0.428 e. The van der Waals surface area contributed by atoms with Gasteiger partial charge in [0.05, 0.1) is 0 Å². The molecule has 0 aliphatic carbocycles. The molecule has 0 heterocycles. The zero-order valence-corrected chi connectivity index (χ0v) is 8.10. The van der Waals surface area contributed by atoms with E-state index in [9.17, 15) is 52.7 Å². The Morgan fingerprint density at radius 3 is 0.895 bits per heavy atom. The Kier molecular flexibility index (Phi) is 4.68. The van der Waals surface area contributed by atoms with E-state index >= 15 is 0 Å². The smallest absolute Gasteiger partial charge is 0.250 e. The minimum atomic E-state index is -6.41. The van der Waals surface area contributed by atoms with E-state index in [0.717, 1.165) is 0 Å². The molecule has 0 saturated heterocycles. The van der Waals surface area contributed by atoms with Gasteiger partial charge in [0, 0.05) is 0 Å². The summed E-state index contributed by atoms with van der Waals surface area (Å²) < 4.78 is 143. The minimum Gasteiger partial charge on any atom is -0.250 e. The summed E-state index contributed by atoms with van der Waals surface area (Å²) in [5, 5.41) is 0. The molecule has 0 fully saturated rings. The molecule has 0 aliphatic heterocycles. The van der Waals surface area contributed by atoms with Gasteiger partial charge in [0.25, 0.3) is 12.3 Å².